The predicted octanol–water partition coefficient (Wildman–Crippen LogP) is 2.15. The second kappa shape index (κ2) is 5.52. The molecule has 1 heterocycles. The molecule has 0 bridgehead atoms. The third-order valence-electron chi connectivity index (χ3n) is 2.93. The van der Waals surface area contributed by atoms with Crippen LogP contribution in [0.25, 0.3) is 0 Å². The van der Waals surface area contributed by atoms with Gasteiger partial charge in [-0.05, 0) is 34.6 Å². The number of carbonyl (C=O) groups is 1. The molecule has 0 saturated heterocycles. The van der Waals surface area contributed by atoms with Gasteiger partial charge in [-0.1, -0.05) is 0 Å². The van der Waals surface area contributed by atoms with Crippen molar-refractivity contribution in [3.63, 3.8) is 0 Å². The van der Waals surface area contributed by atoms with Crippen LogP contribution in [0.3, 0.4) is 0 Å². The molecule has 1 aromatic rings. The minimum absolute atomic E-state index is 0.0345. The average Bonchev–Trinajstić information content (AvgIpc) is 2.62. The van der Waals surface area contributed by atoms with Crippen LogP contribution in [0.5, 0.6) is 0 Å². The van der Waals surface area contributed by atoms with Crippen molar-refractivity contribution in [2.24, 2.45) is 0 Å². The summed E-state index contributed by atoms with van der Waals surface area (Å²) in [6.45, 7) is 10.9. The molecule has 18 heavy (non-hydrogen) atoms. The van der Waals surface area contributed by atoms with Crippen molar-refractivity contribution in [2.75, 3.05) is 6.54 Å². The number of aromatic nitrogens is 2. The monoisotopic (exact) mass is 253 g/mol. The molecule has 102 valence electrons. The molecule has 0 atom stereocenters. The Morgan fingerprint density at radius 2 is 2.11 bits per heavy atom. The van der Waals surface area contributed by atoms with Crippen molar-refractivity contribution in [3.05, 3.63) is 18.2 Å². The van der Waals surface area contributed by atoms with E-state index in [0.29, 0.717) is 12.6 Å². The molecule has 1 rings (SSSR count). The Balaban J connectivity index is 2.89. The average molecular weight is 253 g/mol. The minimum Gasteiger partial charge on any atom is -0.480 e. The second-order valence-electron chi connectivity index (χ2n) is 5.81. The molecule has 0 aliphatic carbocycles. The third-order valence-corrected chi connectivity index (χ3v) is 2.93. The summed E-state index contributed by atoms with van der Waals surface area (Å²) >= 11 is 0. The van der Waals surface area contributed by atoms with E-state index < -0.39 is 5.97 Å². The van der Waals surface area contributed by atoms with E-state index >= 15 is 0 Å². The van der Waals surface area contributed by atoms with Gasteiger partial charge in [0.1, 0.15) is 0 Å². The Hall–Kier alpha value is -1.36. The largest absolute Gasteiger partial charge is 0.480 e. The van der Waals surface area contributed by atoms with E-state index in [1.807, 2.05) is 25.7 Å². The summed E-state index contributed by atoms with van der Waals surface area (Å²) in [4.78, 5) is 17.0. The summed E-state index contributed by atoms with van der Waals surface area (Å²) in [5, 5.41) is 8.99. The van der Waals surface area contributed by atoms with Crippen molar-refractivity contribution in [3.8, 4) is 0 Å². The van der Waals surface area contributed by atoms with Crippen LogP contribution in [-0.2, 0) is 11.3 Å². The number of nitrogens with zero attached hydrogens (tertiary/aromatic N) is 3. The Morgan fingerprint density at radius 3 is 2.56 bits per heavy atom. The Kier molecular flexibility index (Phi) is 4.51. The molecule has 0 radical (unpaired) electrons. The first kappa shape index (κ1) is 14.7. The van der Waals surface area contributed by atoms with Crippen LogP contribution in [0.4, 0.5) is 0 Å². The molecule has 0 aromatic carbocycles. The van der Waals surface area contributed by atoms with Crippen molar-refractivity contribution in [1.29, 1.82) is 0 Å². The highest BCUT2D eigenvalue weighted by Crippen LogP contribution is 2.18. The summed E-state index contributed by atoms with van der Waals surface area (Å²) in [7, 11) is 0. The number of carboxylic acid groups (broad SMARTS) is 1. The smallest absolute Gasteiger partial charge is 0.317 e. The van der Waals surface area contributed by atoms with Gasteiger partial charge >= 0.3 is 5.97 Å². The van der Waals surface area contributed by atoms with Crippen LogP contribution >= 0.6 is 0 Å². The Morgan fingerprint density at radius 1 is 1.50 bits per heavy atom. The van der Waals surface area contributed by atoms with Crippen molar-refractivity contribution >= 4 is 5.97 Å². The first-order valence-electron chi connectivity index (χ1n) is 6.19. The van der Waals surface area contributed by atoms with Crippen LogP contribution in [0.2, 0.25) is 0 Å². The zero-order chi connectivity index (χ0) is 13.9. The van der Waals surface area contributed by atoms with Crippen LogP contribution in [0.15, 0.2) is 12.5 Å². The lowest BCUT2D eigenvalue weighted by molar-refractivity contribution is -0.140. The zero-order valence-corrected chi connectivity index (χ0v) is 11.8. The van der Waals surface area contributed by atoms with Crippen molar-refractivity contribution in [2.45, 2.75) is 52.7 Å². The summed E-state index contributed by atoms with van der Waals surface area (Å²) in [5.41, 5.74) is 0.853. The van der Waals surface area contributed by atoms with Crippen LogP contribution in [0.1, 0.15) is 46.4 Å². The normalized spacial score (nSPS) is 12.4. The molecule has 0 fully saturated rings. The second-order valence-corrected chi connectivity index (χ2v) is 5.81. The van der Waals surface area contributed by atoms with Gasteiger partial charge in [0, 0.05) is 24.3 Å². The highest BCUT2D eigenvalue weighted by atomic mass is 16.4. The lowest BCUT2D eigenvalue weighted by Crippen LogP contribution is -2.44. The van der Waals surface area contributed by atoms with E-state index in [0.717, 1.165) is 5.69 Å². The molecule has 0 spiro atoms. The number of rotatable bonds is 5. The molecule has 0 unspecified atom stereocenters. The fraction of sp³-hybridized carbons (Fsp3) is 0.692. The molecular weight excluding hydrogens is 230 g/mol. The lowest BCUT2D eigenvalue weighted by Gasteiger charge is -2.34. The van der Waals surface area contributed by atoms with E-state index in [4.69, 9.17) is 5.11 Å². The maximum atomic E-state index is 10.9. The first-order valence-corrected chi connectivity index (χ1v) is 6.19. The van der Waals surface area contributed by atoms with Crippen LogP contribution < -0.4 is 0 Å². The lowest BCUT2D eigenvalue weighted by atomic mass is 10.1. The summed E-state index contributed by atoms with van der Waals surface area (Å²) in [6.07, 6.45) is 3.60. The number of hydrogen-bond donors (Lipinski definition) is 1. The molecule has 5 nitrogen and oxygen atoms in total. The standard InChI is InChI=1S/C13H23N3O2/c1-10(2)16-9-14-6-11(16)7-15(8-12(17)18)13(3,4)5/h6,9-10H,7-8H2,1-5H3,(H,17,18). The maximum absolute atomic E-state index is 10.9. The zero-order valence-electron chi connectivity index (χ0n) is 11.8. The van der Waals surface area contributed by atoms with Gasteiger partial charge in [-0.25, -0.2) is 4.98 Å². The molecule has 5 heteroatoms. The van der Waals surface area contributed by atoms with Crippen molar-refractivity contribution in [1.82, 2.24) is 14.5 Å². The van der Waals surface area contributed by atoms with Gasteiger partial charge in [-0.15, -0.1) is 0 Å². The number of hydrogen-bond acceptors (Lipinski definition) is 3. The molecule has 0 aliphatic heterocycles. The van der Waals surface area contributed by atoms with Gasteiger partial charge in [-0.2, -0.15) is 0 Å². The maximum Gasteiger partial charge on any atom is 0.317 e. The number of imidazole rings is 1. The van der Waals surface area contributed by atoms with Gasteiger partial charge in [-0.3, -0.25) is 9.69 Å². The van der Waals surface area contributed by atoms with Gasteiger partial charge in [0.15, 0.2) is 0 Å². The predicted molar refractivity (Wildman–Crippen MR) is 70.4 cm³/mol. The first-order chi connectivity index (χ1) is 8.21. The summed E-state index contributed by atoms with van der Waals surface area (Å²) in [6, 6.07) is 0.328. The number of aliphatic carboxylic acids is 1. The van der Waals surface area contributed by atoms with Crippen molar-refractivity contribution < 1.29 is 9.90 Å². The Bertz CT molecular complexity index is 405. The third kappa shape index (κ3) is 3.84. The fourth-order valence-corrected chi connectivity index (χ4v) is 1.81. The van der Waals surface area contributed by atoms with Gasteiger partial charge < -0.3 is 9.67 Å². The van der Waals surface area contributed by atoms with E-state index in [9.17, 15) is 4.79 Å². The van der Waals surface area contributed by atoms with Gasteiger partial charge in [0.25, 0.3) is 0 Å². The molecular formula is C13H23N3O2. The molecule has 0 aliphatic rings. The van der Waals surface area contributed by atoms with Gasteiger partial charge in [0.05, 0.1) is 18.6 Å². The topological polar surface area (TPSA) is 58.4 Å². The highest BCUT2D eigenvalue weighted by Gasteiger charge is 2.24. The number of carboxylic acids is 1. The molecule has 1 N–H and O–H groups in total. The van der Waals surface area contributed by atoms with E-state index in [1.165, 1.54) is 0 Å². The van der Waals surface area contributed by atoms with Gasteiger partial charge in [0.2, 0.25) is 0 Å². The highest BCUT2D eigenvalue weighted by molar-refractivity contribution is 5.69. The quantitative estimate of drug-likeness (QED) is 0.873. The molecule has 0 amide bonds. The minimum atomic E-state index is -0.805. The Labute approximate surface area is 108 Å². The summed E-state index contributed by atoms with van der Waals surface area (Å²) < 4.78 is 2.07. The van der Waals surface area contributed by atoms with Crippen LogP contribution in [0, 0.1) is 0 Å². The van der Waals surface area contributed by atoms with Crippen LogP contribution in [-0.4, -0.2) is 37.6 Å². The van der Waals surface area contributed by atoms with E-state index in [2.05, 4.69) is 23.4 Å². The van der Waals surface area contributed by atoms with E-state index in [-0.39, 0.29) is 12.1 Å². The fourth-order valence-electron chi connectivity index (χ4n) is 1.81. The molecule has 0 saturated carbocycles. The SMILES string of the molecule is CC(C)n1cncc1CN(CC(=O)O)C(C)(C)C. The molecule has 1 aromatic heterocycles. The van der Waals surface area contributed by atoms with E-state index in [1.54, 1.807) is 12.5 Å². The summed E-state index contributed by atoms with van der Waals surface area (Å²) in [5.74, 6) is -0.805.